The van der Waals surface area contributed by atoms with E-state index in [1.807, 2.05) is 4.90 Å². The molecule has 2 heterocycles. The molecule has 142 valence electrons. The second-order valence-electron chi connectivity index (χ2n) is 8.14. The van der Waals surface area contributed by atoms with E-state index in [0.717, 1.165) is 32.5 Å². The standard InChI is InChI=1S/C20H35N3O2/c24-19-15-17(16-23(19)18-9-5-2-1-3-6-10-18)20(25)21-11-14-22-12-7-4-8-13-22/h17-18H,1-16H2,(H,21,25). The molecule has 3 fully saturated rings. The van der Waals surface area contributed by atoms with Gasteiger partial charge in [0.05, 0.1) is 5.92 Å². The zero-order valence-corrected chi connectivity index (χ0v) is 15.7. The van der Waals surface area contributed by atoms with Gasteiger partial charge in [0.1, 0.15) is 0 Å². The number of rotatable bonds is 5. The number of hydrogen-bond donors (Lipinski definition) is 1. The van der Waals surface area contributed by atoms with Crippen molar-refractivity contribution in [3.63, 3.8) is 0 Å². The summed E-state index contributed by atoms with van der Waals surface area (Å²) in [5.74, 6) is 0.139. The summed E-state index contributed by atoms with van der Waals surface area (Å²) < 4.78 is 0. The number of likely N-dealkylation sites (tertiary alicyclic amines) is 2. The predicted molar refractivity (Wildman–Crippen MR) is 99.2 cm³/mol. The van der Waals surface area contributed by atoms with Gasteiger partial charge < -0.3 is 15.1 Å². The van der Waals surface area contributed by atoms with Gasteiger partial charge >= 0.3 is 0 Å². The molecule has 2 aliphatic heterocycles. The molecule has 0 aromatic carbocycles. The van der Waals surface area contributed by atoms with Crippen LogP contribution in [0.2, 0.25) is 0 Å². The maximum Gasteiger partial charge on any atom is 0.225 e. The first-order valence-electron chi connectivity index (χ1n) is 10.5. The van der Waals surface area contributed by atoms with Crippen LogP contribution >= 0.6 is 0 Å². The molecule has 0 spiro atoms. The van der Waals surface area contributed by atoms with E-state index >= 15 is 0 Å². The lowest BCUT2D eigenvalue weighted by atomic mass is 9.96. The quantitative estimate of drug-likeness (QED) is 0.830. The van der Waals surface area contributed by atoms with Crippen molar-refractivity contribution in [2.45, 2.75) is 76.7 Å². The van der Waals surface area contributed by atoms with Crippen LogP contribution in [0.1, 0.15) is 70.6 Å². The maximum atomic E-state index is 12.5. The van der Waals surface area contributed by atoms with Crippen LogP contribution in [0.5, 0.6) is 0 Å². The summed E-state index contributed by atoms with van der Waals surface area (Å²) in [5.41, 5.74) is 0. The zero-order valence-electron chi connectivity index (χ0n) is 15.7. The highest BCUT2D eigenvalue weighted by Gasteiger charge is 2.37. The van der Waals surface area contributed by atoms with Crippen molar-refractivity contribution in [2.75, 3.05) is 32.7 Å². The van der Waals surface area contributed by atoms with Crippen LogP contribution in [0, 0.1) is 5.92 Å². The van der Waals surface area contributed by atoms with Gasteiger partial charge in [0.15, 0.2) is 0 Å². The van der Waals surface area contributed by atoms with E-state index in [-0.39, 0.29) is 17.7 Å². The molecule has 1 N–H and O–H groups in total. The highest BCUT2D eigenvalue weighted by atomic mass is 16.2. The summed E-state index contributed by atoms with van der Waals surface area (Å²) in [6.45, 7) is 4.62. The highest BCUT2D eigenvalue weighted by molar-refractivity contribution is 5.89. The van der Waals surface area contributed by atoms with Gasteiger partial charge in [0, 0.05) is 32.1 Å². The lowest BCUT2D eigenvalue weighted by molar-refractivity contribution is -0.130. The van der Waals surface area contributed by atoms with Crippen LogP contribution in [-0.4, -0.2) is 60.4 Å². The lowest BCUT2D eigenvalue weighted by Gasteiger charge is -2.29. The number of nitrogens with one attached hydrogen (secondary N) is 1. The first kappa shape index (κ1) is 18.7. The van der Waals surface area contributed by atoms with Gasteiger partial charge in [-0.25, -0.2) is 0 Å². The Balaban J connectivity index is 1.41. The van der Waals surface area contributed by atoms with Crippen molar-refractivity contribution in [1.29, 1.82) is 0 Å². The lowest BCUT2D eigenvalue weighted by Crippen LogP contribution is -2.41. The summed E-state index contributed by atoms with van der Waals surface area (Å²) in [7, 11) is 0. The van der Waals surface area contributed by atoms with Crippen molar-refractivity contribution in [1.82, 2.24) is 15.1 Å². The predicted octanol–water partition coefficient (Wildman–Crippen LogP) is 2.55. The Morgan fingerprint density at radius 3 is 2.32 bits per heavy atom. The monoisotopic (exact) mass is 349 g/mol. The minimum atomic E-state index is -0.140. The van der Waals surface area contributed by atoms with Crippen molar-refractivity contribution >= 4 is 11.8 Å². The van der Waals surface area contributed by atoms with Gasteiger partial charge in [-0.15, -0.1) is 0 Å². The van der Waals surface area contributed by atoms with E-state index in [2.05, 4.69) is 10.2 Å². The fraction of sp³-hybridized carbons (Fsp3) is 0.900. The minimum Gasteiger partial charge on any atom is -0.355 e. The van der Waals surface area contributed by atoms with Crippen molar-refractivity contribution in [3.8, 4) is 0 Å². The largest absolute Gasteiger partial charge is 0.355 e. The number of piperidine rings is 1. The number of amides is 2. The topological polar surface area (TPSA) is 52.7 Å². The van der Waals surface area contributed by atoms with Crippen LogP contribution in [0.15, 0.2) is 0 Å². The number of carbonyl (C=O) groups excluding carboxylic acids is 2. The molecule has 0 radical (unpaired) electrons. The first-order valence-corrected chi connectivity index (χ1v) is 10.5. The van der Waals surface area contributed by atoms with Gasteiger partial charge in [-0.1, -0.05) is 38.5 Å². The molecule has 1 saturated carbocycles. The number of hydrogen-bond acceptors (Lipinski definition) is 3. The molecular formula is C20H35N3O2. The molecule has 1 aliphatic carbocycles. The fourth-order valence-electron chi connectivity index (χ4n) is 4.67. The smallest absolute Gasteiger partial charge is 0.225 e. The third-order valence-corrected chi connectivity index (χ3v) is 6.22. The molecular weight excluding hydrogens is 314 g/mol. The Bertz CT molecular complexity index is 440. The van der Waals surface area contributed by atoms with Gasteiger partial charge in [-0.3, -0.25) is 9.59 Å². The van der Waals surface area contributed by atoms with E-state index in [1.165, 1.54) is 51.4 Å². The number of carbonyl (C=O) groups is 2. The Kier molecular flexibility index (Phi) is 7.14. The molecule has 1 unspecified atom stereocenters. The van der Waals surface area contributed by atoms with E-state index in [4.69, 9.17) is 0 Å². The second kappa shape index (κ2) is 9.56. The van der Waals surface area contributed by atoms with Gasteiger partial charge in [0.25, 0.3) is 0 Å². The molecule has 2 amide bonds. The van der Waals surface area contributed by atoms with Gasteiger partial charge in [-0.05, 0) is 38.8 Å². The summed E-state index contributed by atoms with van der Waals surface area (Å²) in [6, 6.07) is 0.374. The molecule has 0 bridgehead atoms. The third-order valence-electron chi connectivity index (χ3n) is 6.22. The minimum absolute atomic E-state index is 0.0821. The van der Waals surface area contributed by atoms with E-state index < -0.39 is 0 Å². The number of nitrogens with zero attached hydrogens (tertiary/aromatic N) is 2. The second-order valence-corrected chi connectivity index (χ2v) is 8.14. The van der Waals surface area contributed by atoms with E-state index in [9.17, 15) is 9.59 Å². The van der Waals surface area contributed by atoms with Crippen molar-refractivity contribution < 1.29 is 9.59 Å². The van der Waals surface area contributed by atoms with Crippen LogP contribution in [0.25, 0.3) is 0 Å². The molecule has 0 aromatic rings. The zero-order chi connectivity index (χ0) is 17.5. The molecule has 5 heteroatoms. The van der Waals surface area contributed by atoms with Crippen LogP contribution in [-0.2, 0) is 9.59 Å². The van der Waals surface area contributed by atoms with E-state index in [1.54, 1.807) is 0 Å². The van der Waals surface area contributed by atoms with Gasteiger partial charge in [-0.2, -0.15) is 0 Å². The summed E-state index contributed by atoms with van der Waals surface area (Å²) in [6.07, 6.45) is 12.9. The average molecular weight is 350 g/mol. The van der Waals surface area contributed by atoms with Crippen molar-refractivity contribution in [2.24, 2.45) is 5.92 Å². The Labute approximate surface area is 152 Å². The molecule has 3 aliphatic rings. The Morgan fingerprint density at radius 1 is 0.960 bits per heavy atom. The Morgan fingerprint density at radius 2 is 1.60 bits per heavy atom. The summed E-state index contributed by atoms with van der Waals surface area (Å²) in [4.78, 5) is 29.4. The van der Waals surface area contributed by atoms with Crippen molar-refractivity contribution in [3.05, 3.63) is 0 Å². The maximum absolute atomic E-state index is 12.5. The van der Waals surface area contributed by atoms with E-state index in [0.29, 0.717) is 25.6 Å². The molecule has 25 heavy (non-hydrogen) atoms. The summed E-state index contributed by atoms with van der Waals surface area (Å²) >= 11 is 0. The molecule has 5 nitrogen and oxygen atoms in total. The highest BCUT2D eigenvalue weighted by Crippen LogP contribution is 2.27. The Hall–Kier alpha value is -1.10. The average Bonchev–Trinajstić information content (AvgIpc) is 2.97. The molecule has 2 saturated heterocycles. The van der Waals surface area contributed by atoms with Gasteiger partial charge in [0.2, 0.25) is 11.8 Å². The summed E-state index contributed by atoms with van der Waals surface area (Å²) in [5, 5.41) is 3.08. The normalized spacial score (nSPS) is 27.1. The van der Waals surface area contributed by atoms with Crippen LogP contribution in [0.4, 0.5) is 0 Å². The first-order chi connectivity index (χ1) is 12.2. The van der Waals surface area contributed by atoms with Crippen LogP contribution in [0.3, 0.4) is 0 Å². The van der Waals surface area contributed by atoms with Crippen LogP contribution < -0.4 is 5.32 Å². The molecule has 1 atom stereocenters. The third kappa shape index (κ3) is 5.44. The molecule has 0 aromatic heterocycles. The fourth-order valence-corrected chi connectivity index (χ4v) is 4.67. The molecule has 3 rings (SSSR count). The SMILES string of the molecule is O=C(NCCN1CCCCC1)C1CC(=O)N(C2CCCCCCC2)C1.